The van der Waals surface area contributed by atoms with E-state index < -0.39 is 10.0 Å². The summed E-state index contributed by atoms with van der Waals surface area (Å²) < 4.78 is 27.2. The van der Waals surface area contributed by atoms with Crippen LogP contribution in [-0.2, 0) is 23.1 Å². The molecule has 0 aliphatic carbocycles. The number of thiophene rings is 1. The van der Waals surface area contributed by atoms with E-state index in [0.29, 0.717) is 17.5 Å². The highest BCUT2D eigenvalue weighted by molar-refractivity contribution is 7.89. The van der Waals surface area contributed by atoms with Gasteiger partial charge in [-0.1, -0.05) is 13.8 Å². The van der Waals surface area contributed by atoms with Crippen LogP contribution in [-0.4, -0.2) is 19.4 Å². The molecule has 2 rings (SSSR count). The summed E-state index contributed by atoms with van der Waals surface area (Å²) in [5, 5.41) is 5.04. The predicted octanol–water partition coefficient (Wildman–Crippen LogP) is 2.18. The summed E-state index contributed by atoms with van der Waals surface area (Å²) in [6.45, 7) is 4.90. The number of thiazole rings is 1. The van der Waals surface area contributed by atoms with Gasteiger partial charge in [-0.3, -0.25) is 4.98 Å². The van der Waals surface area contributed by atoms with Crippen LogP contribution in [0.3, 0.4) is 0 Å². The van der Waals surface area contributed by atoms with E-state index in [1.54, 1.807) is 23.2 Å². The predicted molar refractivity (Wildman–Crippen MR) is 82.4 cm³/mol. The van der Waals surface area contributed by atoms with E-state index in [1.165, 1.54) is 22.7 Å². The van der Waals surface area contributed by atoms with Crippen LogP contribution in [0.4, 0.5) is 0 Å². The smallest absolute Gasteiger partial charge is 0.242 e. The molecule has 0 bridgehead atoms. The van der Waals surface area contributed by atoms with Gasteiger partial charge in [-0.25, -0.2) is 13.1 Å². The Morgan fingerprint density at radius 2 is 2.10 bits per heavy atom. The lowest BCUT2D eigenvalue weighted by Gasteiger charge is -2.09. The zero-order valence-electron chi connectivity index (χ0n) is 11.3. The lowest BCUT2D eigenvalue weighted by molar-refractivity contribution is 0.572. The molecule has 0 saturated carbocycles. The van der Waals surface area contributed by atoms with Gasteiger partial charge in [0.15, 0.2) is 0 Å². The van der Waals surface area contributed by atoms with Crippen molar-refractivity contribution in [1.29, 1.82) is 0 Å². The van der Waals surface area contributed by atoms with Crippen molar-refractivity contribution in [3.05, 3.63) is 32.9 Å². The van der Waals surface area contributed by atoms with Gasteiger partial charge in [-0.15, -0.1) is 22.7 Å². The third-order valence-corrected chi connectivity index (χ3v) is 5.90. The largest absolute Gasteiger partial charge is 0.310 e. The molecule has 0 aliphatic rings. The summed E-state index contributed by atoms with van der Waals surface area (Å²) in [6, 6.07) is 1.97. The lowest BCUT2D eigenvalue weighted by atomic mass is 10.4. The molecule has 0 fully saturated rings. The Bertz CT molecular complexity index is 633. The molecule has 2 aromatic heterocycles. The molecule has 0 spiro atoms. The summed E-state index contributed by atoms with van der Waals surface area (Å²) in [5.41, 5.74) is 1.69. The second-order valence-electron chi connectivity index (χ2n) is 4.54. The standard InChI is InChI=1S/C12H17N3O2S3/c1-9(2)14-7-11-12(3-4-18-11)20(16,17)15-6-10-5-13-8-19-10/h3-5,8-9,14-15H,6-7H2,1-2H3. The van der Waals surface area contributed by atoms with Crippen molar-refractivity contribution >= 4 is 32.7 Å². The Morgan fingerprint density at radius 3 is 2.75 bits per heavy atom. The number of hydrogen-bond acceptors (Lipinski definition) is 6. The fourth-order valence-electron chi connectivity index (χ4n) is 1.57. The van der Waals surface area contributed by atoms with Crippen molar-refractivity contribution in [2.24, 2.45) is 0 Å². The molecule has 8 heteroatoms. The Balaban J connectivity index is 2.07. The summed E-state index contributed by atoms with van der Waals surface area (Å²) in [6.07, 6.45) is 1.67. The number of sulfonamides is 1. The average molecular weight is 331 g/mol. The number of nitrogens with zero attached hydrogens (tertiary/aromatic N) is 1. The van der Waals surface area contributed by atoms with Gasteiger partial charge in [0.25, 0.3) is 0 Å². The van der Waals surface area contributed by atoms with E-state index in [-0.39, 0.29) is 6.54 Å². The first kappa shape index (κ1) is 15.6. The van der Waals surface area contributed by atoms with Gasteiger partial charge in [0, 0.05) is 35.1 Å². The SMILES string of the molecule is CC(C)NCc1sccc1S(=O)(=O)NCc1cncs1. The van der Waals surface area contributed by atoms with Crippen LogP contribution < -0.4 is 10.0 Å². The molecule has 0 aliphatic heterocycles. The number of nitrogens with one attached hydrogen (secondary N) is 2. The zero-order chi connectivity index (χ0) is 14.6. The third kappa shape index (κ3) is 4.10. The van der Waals surface area contributed by atoms with Crippen molar-refractivity contribution in [3.8, 4) is 0 Å². The van der Waals surface area contributed by atoms with Crippen molar-refractivity contribution in [2.45, 2.75) is 37.9 Å². The molecule has 2 heterocycles. The van der Waals surface area contributed by atoms with E-state index >= 15 is 0 Å². The summed E-state index contributed by atoms with van der Waals surface area (Å²) >= 11 is 2.88. The third-order valence-electron chi connectivity index (χ3n) is 2.58. The maximum Gasteiger partial charge on any atom is 0.242 e. The highest BCUT2D eigenvalue weighted by Crippen LogP contribution is 2.22. The van der Waals surface area contributed by atoms with E-state index in [2.05, 4.69) is 15.0 Å². The molecule has 0 saturated heterocycles. The molecule has 110 valence electrons. The fraction of sp³-hybridized carbons (Fsp3) is 0.417. The first-order valence-corrected chi connectivity index (χ1v) is 9.40. The molecular weight excluding hydrogens is 314 g/mol. The fourth-order valence-corrected chi connectivity index (χ4v) is 4.59. The molecule has 0 unspecified atom stereocenters. The Hall–Kier alpha value is -0.800. The first-order valence-electron chi connectivity index (χ1n) is 6.16. The molecule has 0 aromatic carbocycles. The van der Waals surface area contributed by atoms with E-state index in [4.69, 9.17) is 0 Å². The van der Waals surface area contributed by atoms with Crippen LogP contribution in [0, 0.1) is 0 Å². The Labute approximate surface area is 127 Å². The van der Waals surface area contributed by atoms with E-state index in [1.807, 2.05) is 13.8 Å². The van der Waals surface area contributed by atoms with Gasteiger partial charge >= 0.3 is 0 Å². The molecular formula is C12H17N3O2S3. The number of rotatable bonds is 7. The molecule has 0 amide bonds. The van der Waals surface area contributed by atoms with Gasteiger partial charge in [-0.05, 0) is 11.4 Å². The number of aromatic nitrogens is 1. The molecule has 2 N–H and O–H groups in total. The minimum absolute atomic E-state index is 0.278. The highest BCUT2D eigenvalue weighted by Gasteiger charge is 2.19. The Kier molecular flexibility index (Phi) is 5.28. The molecule has 0 radical (unpaired) electrons. The van der Waals surface area contributed by atoms with Crippen LogP contribution in [0.5, 0.6) is 0 Å². The van der Waals surface area contributed by atoms with Crippen molar-refractivity contribution in [3.63, 3.8) is 0 Å². The second kappa shape index (κ2) is 6.77. The van der Waals surface area contributed by atoms with Gasteiger partial charge in [0.1, 0.15) is 0 Å². The van der Waals surface area contributed by atoms with Crippen LogP contribution in [0.2, 0.25) is 0 Å². The van der Waals surface area contributed by atoms with Gasteiger partial charge in [-0.2, -0.15) is 0 Å². The summed E-state index contributed by atoms with van der Waals surface area (Å²) in [7, 11) is -3.47. The van der Waals surface area contributed by atoms with E-state index in [9.17, 15) is 8.42 Å². The average Bonchev–Trinajstić information content (AvgIpc) is 3.05. The lowest BCUT2D eigenvalue weighted by Crippen LogP contribution is -2.26. The van der Waals surface area contributed by atoms with Crippen molar-refractivity contribution < 1.29 is 8.42 Å². The number of hydrogen-bond donors (Lipinski definition) is 2. The van der Waals surface area contributed by atoms with Gasteiger partial charge in [0.05, 0.1) is 10.4 Å². The quantitative estimate of drug-likeness (QED) is 0.816. The van der Waals surface area contributed by atoms with Crippen molar-refractivity contribution in [2.75, 3.05) is 0 Å². The van der Waals surface area contributed by atoms with Crippen LogP contribution >= 0.6 is 22.7 Å². The van der Waals surface area contributed by atoms with Gasteiger partial charge < -0.3 is 5.32 Å². The second-order valence-corrected chi connectivity index (χ2v) is 8.24. The molecule has 2 aromatic rings. The zero-order valence-corrected chi connectivity index (χ0v) is 13.7. The van der Waals surface area contributed by atoms with Crippen LogP contribution in [0.1, 0.15) is 23.6 Å². The summed E-state index contributed by atoms with van der Waals surface area (Å²) in [4.78, 5) is 6.01. The first-order chi connectivity index (χ1) is 9.49. The summed E-state index contributed by atoms with van der Waals surface area (Å²) in [5.74, 6) is 0. The van der Waals surface area contributed by atoms with Crippen molar-refractivity contribution in [1.82, 2.24) is 15.0 Å². The molecule has 20 heavy (non-hydrogen) atoms. The van der Waals surface area contributed by atoms with Crippen LogP contribution in [0.25, 0.3) is 0 Å². The normalized spacial score (nSPS) is 12.2. The van der Waals surface area contributed by atoms with Crippen LogP contribution in [0.15, 0.2) is 28.0 Å². The monoisotopic (exact) mass is 331 g/mol. The molecule has 5 nitrogen and oxygen atoms in total. The highest BCUT2D eigenvalue weighted by atomic mass is 32.2. The minimum atomic E-state index is -3.47. The minimum Gasteiger partial charge on any atom is -0.310 e. The van der Waals surface area contributed by atoms with E-state index in [0.717, 1.165) is 9.75 Å². The Morgan fingerprint density at radius 1 is 1.30 bits per heavy atom. The van der Waals surface area contributed by atoms with Gasteiger partial charge in [0.2, 0.25) is 10.0 Å². The molecule has 0 atom stereocenters. The maximum atomic E-state index is 12.3. The maximum absolute atomic E-state index is 12.3. The topological polar surface area (TPSA) is 71.1 Å².